The van der Waals surface area contributed by atoms with E-state index in [9.17, 15) is 9.59 Å². The van der Waals surface area contributed by atoms with E-state index in [0.717, 1.165) is 5.56 Å². The zero-order valence-corrected chi connectivity index (χ0v) is 17.1. The lowest BCUT2D eigenvalue weighted by Crippen LogP contribution is -2.32. The molecule has 6 nitrogen and oxygen atoms in total. The minimum Gasteiger partial charge on any atom is -0.489 e. The lowest BCUT2D eigenvalue weighted by molar-refractivity contribution is -0.148. The SMILES string of the molecule is COC(=O)[C@H]1Oc2cc(C)oc(=O)c2[C@@H]1c1ccccc1OCc1ccc(Cl)cc1. The van der Waals surface area contributed by atoms with Gasteiger partial charge in [-0.3, -0.25) is 0 Å². The first-order valence-electron chi connectivity index (χ1n) is 9.33. The van der Waals surface area contributed by atoms with E-state index in [1.54, 1.807) is 37.3 Å². The summed E-state index contributed by atoms with van der Waals surface area (Å²) in [4.78, 5) is 25.1. The molecular weight excluding hydrogens is 408 g/mol. The number of esters is 1. The summed E-state index contributed by atoms with van der Waals surface area (Å²) in [5.74, 6) is -0.0544. The van der Waals surface area contributed by atoms with Crippen molar-refractivity contribution in [3.05, 3.63) is 92.5 Å². The number of para-hydroxylation sites is 1. The van der Waals surface area contributed by atoms with Gasteiger partial charge in [-0.25, -0.2) is 9.59 Å². The Balaban J connectivity index is 1.74. The summed E-state index contributed by atoms with van der Waals surface area (Å²) in [6.45, 7) is 1.94. The van der Waals surface area contributed by atoms with Gasteiger partial charge in [0.25, 0.3) is 0 Å². The number of carbonyl (C=O) groups excluding carboxylic acids is 1. The van der Waals surface area contributed by atoms with E-state index in [2.05, 4.69) is 0 Å². The van der Waals surface area contributed by atoms with Crippen molar-refractivity contribution in [1.82, 2.24) is 0 Å². The van der Waals surface area contributed by atoms with Gasteiger partial charge in [0.1, 0.15) is 23.9 Å². The average molecular weight is 427 g/mol. The van der Waals surface area contributed by atoms with Gasteiger partial charge in [-0.15, -0.1) is 0 Å². The standard InChI is InChI=1S/C23H19ClO6/c1-13-11-18-20(22(25)29-13)19(21(30-18)23(26)27-2)16-5-3-4-6-17(16)28-12-14-7-9-15(24)10-8-14/h3-11,19,21H,12H2,1-2H3/t19-,21-/m0/s1. The molecule has 30 heavy (non-hydrogen) atoms. The van der Waals surface area contributed by atoms with Crippen molar-refractivity contribution >= 4 is 17.6 Å². The Hall–Kier alpha value is -3.25. The van der Waals surface area contributed by atoms with E-state index in [1.165, 1.54) is 7.11 Å². The molecule has 0 saturated carbocycles. The van der Waals surface area contributed by atoms with Crippen molar-refractivity contribution < 1.29 is 23.4 Å². The van der Waals surface area contributed by atoms with Crippen molar-refractivity contribution in [3.63, 3.8) is 0 Å². The number of hydrogen-bond donors (Lipinski definition) is 0. The van der Waals surface area contributed by atoms with E-state index in [0.29, 0.717) is 34.5 Å². The molecule has 1 aliphatic heterocycles. The lowest BCUT2D eigenvalue weighted by atomic mass is 9.88. The van der Waals surface area contributed by atoms with Crippen LogP contribution in [0.5, 0.6) is 11.5 Å². The number of halogens is 1. The van der Waals surface area contributed by atoms with Gasteiger partial charge in [-0.2, -0.15) is 0 Å². The predicted octanol–water partition coefficient (Wildman–Crippen LogP) is 4.25. The molecule has 0 fully saturated rings. The zero-order chi connectivity index (χ0) is 21.3. The van der Waals surface area contributed by atoms with Crippen molar-refractivity contribution in [2.45, 2.75) is 25.6 Å². The van der Waals surface area contributed by atoms with Gasteiger partial charge < -0.3 is 18.6 Å². The summed E-state index contributed by atoms with van der Waals surface area (Å²) in [6, 6.07) is 16.1. The Morgan fingerprint density at radius 3 is 2.60 bits per heavy atom. The second-order valence-corrected chi connectivity index (χ2v) is 7.35. The second-order valence-electron chi connectivity index (χ2n) is 6.91. The van der Waals surface area contributed by atoms with Crippen LogP contribution in [0.25, 0.3) is 0 Å². The van der Waals surface area contributed by atoms with Crippen molar-refractivity contribution in [2.24, 2.45) is 0 Å². The number of rotatable bonds is 5. The number of methoxy groups -OCH3 is 1. The highest BCUT2D eigenvalue weighted by molar-refractivity contribution is 6.30. The van der Waals surface area contributed by atoms with Gasteiger partial charge in [0.05, 0.1) is 18.6 Å². The van der Waals surface area contributed by atoms with E-state index in [4.69, 9.17) is 30.2 Å². The smallest absolute Gasteiger partial charge is 0.348 e. The number of ether oxygens (including phenoxy) is 3. The number of benzene rings is 2. The van der Waals surface area contributed by atoms with E-state index < -0.39 is 23.6 Å². The first kappa shape index (κ1) is 20.0. The Morgan fingerprint density at radius 2 is 1.87 bits per heavy atom. The predicted molar refractivity (Wildman–Crippen MR) is 110 cm³/mol. The number of fused-ring (bicyclic) bond motifs is 1. The van der Waals surface area contributed by atoms with Gasteiger partial charge in [-0.1, -0.05) is 41.9 Å². The summed E-state index contributed by atoms with van der Waals surface area (Å²) in [7, 11) is 1.28. The fraction of sp³-hybridized carbons (Fsp3) is 0.217. The fourth-order valence-corrected chi connectivity index (χ4v) is 3.68. The quantitative estimate of drug-likeness (QED) is 0.568. The fourth-order valence-electron chi connectivity index (χ4n) is 3.56. The average Bonchev–Trinajstić information content (AvgIpc) is 3.12. The molecule has 0 bridgehead atoms. The lowest BCUT2D eigenvalue weighted by Gasteiger charge is -2.20. The molecule has 3 aromatic rings. The maximum absolute atomic E-state index is 12.6. The van der Waals surface area contributed by atoms with Gasteiger partial charge >= 0.3 is 11.6 Å². The molecule has 0 radical (unpaired) electrons. The monoisotopic (exact) mass is 426 g/mol. The maximum atomic E-state index is 12.6. The van der Waals surface area contributed by atoms with Crippen LogP contribution in [0.1, 0.15) is 28.4 Å². The highest BCUT2D eigenvalue weighted by Gasteiger charge is 2.45. The summed E-state index contributed by atoms with van der Waals surface area (Å²) in [5.41, 5.74) is 1.29. The number of aryl methyl sites for hydroxylation is 1. The van der Waals surface area contributed by atoms with E-state index >= 15 is 0 Å². The molecule has 0 unspecified atom stereocenters. The van der Waals surface area contributed by atoms with Gasteiger partial charge in [-0.05, 0) is 30.7 Å². The molecule has 1 aliphatic rings. The van der Waals surface area contributed by atoms with Crippen LogP contribution in [0.15, 0.2) is 63.8 Å². The zero-order valence-electron chi connectivity index (χ0n) is 16.4. The topological polar surface area (TPSA) is 75.0 Å². The highest BCUT2D eigenvalue weighted by Crippen LogP contribution is 2.44. The third-order valence-corrected chi connectivity index (χ3v) is 5.19. The van der Waals surface area contributed by atoms with Crippen LogP contribution in [0.2, 0.25) is 5.02 Å². The molecule has 154 valence electrons. The van der Waals surface area contributed by atoms with Gasteiger partial charge in [0.2, 0.25) is 6.10 Å². The van der Waals surface area contributed by atoms with Crippen molar-refractivity contribution in [2.75, 3.05) is 7.11 Å². The van der Waals surface area contributed by atoms with Crippen LogP contribution in [0, 0.1) is 6.92 Å². The minimum atomic E-state index is -1.02. The minimum absolute atomic E-state index is 0.276. The third kappa shape index (κ3) is 3.78. The molecule has 2 heterocycles. The summed E-state index contributed by atoms with van der Waals surface area (Å²) >= 11 is 5.94. The number of carbonyl (C=O) groups is 1. The van der Waals surface area contributed by atoms with Crippen LogP contribution in [-0.2, 0) is 16.1 Å². The van der Waals surface area contributed by atoms with Crippen LogP contribution < -0.4 is 15.1 Å². The molecule has 0 N–H and O–H groups in total. The number of hydrogen-bond acceptors (Lipinski definition) is 6. The van der Waals surface area contributed by atoms with Crippen molar-refractivity contribution in [3.8, 4) is 11.5 Å². The molecule has 2 aromatic carbocycles. The Kier molecular flexibility index (Phi) is 5.50. The molecule has 0 aliphatic carbocycles. The normalized spacial score (nSPS) is 17.2. The molecule has 4 rings (SSSR count). The Morgan fingerprint density at radius 1 is 1.13 bits per heavy atom. The first-order chi connectivity index (χ1) is 14.5. The third-order valence-electron chi connectivity index (χ3n) is 4.94. The Labute approximate surface area is 178 Å². The molecule has 7 heteroatoms. The van der Waals surface area contributed by atoms with Gasteiger partial charge in [0.15, 0.2) is 0 Å². The van der Waals surface area contributed by atoms with Crippen LogP contribution in [0.3, 0.4) is 0 Å². The summed E-state index contributed by atoms with van der Waals surface area (Å²) < 4.78 is 22.0. The Bertz CT molecular complexity index is 1140. The van der Waals surface area contributed by atoms with Crippen LogP contribution >= 0.6 is 11.6 Å². The van der Waals surface area contributed by atoms with Crippen LogP contribution in [-0.4, -0.2) is 19.2 Å². The summed E-state index contributed by atoms with van der Waals surface area (Å²) in [6.07, 6.45) is -1.02. The largest absolute Gasteiger partial charge is 0.489 e. The molecular formula is C23H19ClO6. The van der Waals surface area contributed by atoms with Crippen LogP contribution in [0.4, 0.5) is 0 Å². The first-order valence-corrected chi connectivity index (χ1v) is 9.71. The highest BCUT2D eigenvalue weighted by atomic mass is 35.5. The van der Waals surface area contributed by atoms with E-state index in [1.807, 2.05) is 24.3 Å². The molecule has 0 amide bonds. The molecule has 0 saturated heterocycles. The molecule has 2 atom stereocenters. The molecule has 1 aromatic heterocycles. The maximum Gasteiger partial charge on any atom is 0.348 e. The van der Waals surface area contributed by atoms with Gasteiger partial charge in [0, 0.05) is 16.7 Å². The molecule has 0 spiro atoms. The summed E-state index contributed by atoms with van der Waals surface area (Å²) in [5, 5.41) is 0.641. The van der Waals surface area contributed by atoms with Crippen molar-refractivity contribution in [1.29, 1.82) is 0 Å². The second kappa shape index (κ2) is 8.24. The van der Waals surface area contributed by atoms with E-state index in [-0.39, 0.29) is 5.56 Å².